The molecule has 0 saturated heterocycles. The van der Waals surface area contributed by atoms with E-state index in [1.807, 2.05) is 19.9 Å². The summed E-state index contributed by atoms with van der Waals surface area (Å²) in [5.74, 6) is 0. The van der Waals surface area contributed by atoms with Crippen LogP contribution in [0.4, 0.5) is 0 Å². The molecule has 0 saturated carbocycles. The van der Waals surface area contributed by atoms with Gasteiger partial charge in [-0.1, -0.05) is 6.92 Å². The van der Waals surface area contributed by atoms with Crippen molar-refractivity contribution in [3.8, 4) is 0 Å². The van der Waals surface area contributed by atoms with Gasteiger partial charge in [-0.15, -0.1) is 0 Å². The Bertz CT molecular complexity index is 170. The summed E-state index contributed by atoms with van der Waals surface area (Å²) in [5, 5.41) is 7.94. The van der Waals surface area contributed by atoms with E-state index in [-0.39, 0.29) is 5.54 Å². The zero-order chi connectivity index (χ0) is 6.91. The zero-order valence-electron chi connectivity index (χ0n) is 5.89. The Kier molecular flexibility index (Phi) is 1.39. The Morgan fingerprint density at radius 3 is 2.67 bits per heavy atom. The van der Waals surface area contributed by atoms with Crippen LogP contribution in [0.2, 0.25) is 0 Å². The maximum atomic E-state index is 4.04. The summed E-state index contributed by atoms with van der Waals surface area (Å²) < 4.78 is 0. The van der Waals surface area contributed by atoms with Gasteiger partial charge in [-0.3, -0.25) is 0 Å². The van der Waals surface area contributed by atoms with Crippen LogP contribution in [0.5, 0.6) is 0 Å². The Morgan fingerprint density at radius 2 is 2.44 bits per heavy atom. The number of allylic oxidation sites excluding steroid dienone is 1. The highest BCUT2D eigenvalue weighted by Crippen LogP contribution is 2.25. The molecule has 1 heterocycles. The summed E-state index contributed by atoms with van der Waals surface area (Å²) in [6.45, 7) is 7.75. The molecule has 1 aliphatic heterocycles. The molecule has 9 heavy (non-hydrogen) atoms. The largest absolute Gasteiger partial charge is 0.178 e. The topological polar surface area (TPSA) is 24.7 Å². The molecule has 0 aliphatic carbocycles. The first kappa shape index (κ1) is 6.46. The maximum absolute atomic E-state index is 4.04. The third-order valence-electron chi connectivity index (χ3n) is 1.46. The lowest BCUT2D eigenvalue weighted by atomic mass is 10.0. The number of hydrogen-bond donors (Lipinski definition) is 0. The van der Waals surface area contributed by atoms with Gasteiger partial charge in [0.15, 0.2) is 0 Å². The molecular weight excluding hydrogens is 112 g/mol. The van der Waals surface area contributed by atoms with E-state index < -0.39 is 0 Å². The Morgan fingerprint density at radius 1 is 1.78 bits per heavy atom. The molecule has 2 nitrogen and oxygen atoms in total. The minimum absolute atomic E-state index is 0.107. The van der Waals surface area contributed by atoms with Crippen molar-refractivity contribution in [2.75, 3.05) is 0 Å². The molecule has 49 valence electrons. The van der Waals surface area contributed by atoms with Crippen LogP contribution in [0.3, 0.4) is 0 Å². The molecule has 0 spiro atoms. The van der Waals surface area contributed by atoms with Gasteiger partial charge in [0.2, 0.25) is 0 Å². The smallest absolute Gasteiger partial charge is 0.0992 e. The fourth-order valence-corrected chi connectivity index (χ4v) is 0.823. The highest BCUT2D eigenvalue weighted by atomic mass is 15.2. The molecule has 0 aromatic heterocycles. The first-order chi connectivity index (χ1) is 4.16. The van der Waals surface area contributed by atoms with Crippen molar-refractivity contribution in [2.45, 2.75) is 25.8 Å². The Balaban J connectivity index is 2.78. The van der Waals surface area contributed by atoms with Crippen LogP contribution < -0.4 is 0 Å². The summed E-state index contributed by atoms with van der Waals surface area (Å²) in [5.41, 5.74) is 0.894. The van der Waals surface area contributed by atoms with E-state index in [1.165, 1.54) is 0 Å². The van der Waals surface area contributed by atoms with Crippen molar-refractivity contribution < 1.29 is 0 Å². The van der Waals surface area contributed by atoms with Crippen LogP contribution in [0.1, 0.15) is 20.3 Å². The lowest BCUT2D eigenvalue weighted by Gasteiger charge is -2.11. The molecule has 0 aromatic carbocycles. The second kappa shape index (κ2) is 1.94. The molecule has 1 atom stereocenters. The molecule has 0 N–H and O–H groups in total. The van der Waals surface area contributed by atoms with Gasteiger partial charge < -0.3 is 0 Å². The van der Waals surface area contributed by atoms with Crippen LogP contribution in [0.15, 0.2) is 22.0 Å². The van der Waals surface area contributed by atoms with Gasteiger partial charge in [0.05, 0.1) is 11.2 Å². The molecule has 0 amide bonds. The number of rotatable bonds is 1. The highest BCUT2D eigenvalue weighted by molar-refractivity contribution is 5.14. The summed E-state index contributed by atoms with van der Waals surface area (Å²) in [4.78, 5) is 0. The standard InChI is InChI=1S/C7H11N2/c1-4-7(3)5-6(2)8-9-7/h5H,1,4H2,2-3H3. The quantitative estimate of drug-likeness (QED) is 0.511. The van der Waals surface area contributed by atoms with Crippen LogP contribution in [-0.4, -0.2) is 5.54 Å². The van der Waals surface area contributed by atoms with Crippen molar-refractivity contribution >= 4 is 0 Å². The van der Waals surface area contributed by atoms with E-state index in [0.29, 0.717) is 0 Å². The van der Waals surface area contributed by atoms with E-state index in [2.05, 4.69) is 17.2 Å². The zero-order valence-corrected chi connectivity index (χ0v) is 5.89. The second-order valence-corrected chi connectivity index (χ2v) is 2.59. The van der Waals surface area contributed by atoms with Crippen LogP contribution in [0, 0.1) is 6.92 Å². The Hall–Kier alpha value is -0.660. The predicted molar refractivity (Wildman–Crippen MR) is 37.0 cm³/mol. The average molecular weight is 123 g/mol. The van der Waals surface area contributed by atoms with Crippen LogP contribution in [0.25, 0.3) is 0 Å². The monoisotopic (exact) mass is 123 g/mol. The van der Waals surface area contributed by atoms with E-state index >= 15 is 0 Å². The molecule has 1 unspecified atom stereocenters. The summed E-state index contributed by atoms with van der Waals surface area (Å²) >= 11 is 0. The van der Waals surface area contributed by atoms with E-state index in [0.717, 1.165) is 12.1 Å². The second-order valence-electron chi connectivity index (χ2n) is 2.59. The van der Waals surface area contributed by atoms with Crippen molar-refractivity contribution in [2.24, 2.45) is 10.2 Å². The van der Waals surface area contributed by atoms with Crippen LogP contribution in [-0.2, 0) is 0 Å². The van der Waals surface area contributed by atoms with Gasteiger partial charge in [0.1, 0.15) is 0 Å². The molecule has 1 radical (unpaired) electrons. The molecule has 1 aliphatic rings. The molecule has 0 fully saturated rings. The van der Waals surface area contributed by atoms with E-state index in [4.69, 9.17) is 0 Å². The minimum atomic E-state index is -0.107. The minimum Gasteiger partial charge on any atom is -0.178 e. The molecular formula is C7H11N2. The summed E-state index contributed by atoms with van der Waals surface area (Å²) in [6, 6.07) is 0. The summed E-state index contributed by atoms with van der Waals surface area (Å²) in [7, 11) is 0. The third-order valence-corrected chi connectivity index (χ3v) is 1.46. The van der Waals surface area contributed by atoms with Crippen molar-refractivity contribution in [3.05, 3.63) is 18.7 Å². The summed E-state index contributed by atoms with van der Waals surface area (Å²) in [6.07, 6.45) is 2.83. The van der Waals surface area contributed by atoms with Gasteiger partial charge in [-0.2, -0.15) is 10.2 Å². The van der Waals surface area contributed by atoms with E-state index in [1.54, 1.807) is 0 Å². The number of azo groups is 1. The first-order valence-corrected chi connectivity index (χ1v) is 3.08. The van der Waals surface area contributed by atoms with E-state index in [9.17, 15) is 0 Å². The molecule has 2 heteroatoms. The fourth-order valence-electron chi connectivity index (χ4n) is 0.823. The van der Waals surface area contributed by atoms with Crippen LogP contribution >= 0.6 is 0 Å². The number of nitrogens with zero attached hydrogens (tertiary/aromatic N) is 2. The first-order valence-electron chi connectivity index (χ1n) is 3.08. The maximum Gasteiger partial charge on any atom is 0.0992 e. The normalized spacial score (nSPS) is 33.0. The SMILES string of the molecule is [CH2]CC1(C)C=C(C)N=N1. The molecule has 0 aromatic rings. The van der Waals surface area contributed by atoms with Gasteiger partial charge >= 0.3 is 0 Å². The third kappa shape index (κ3) is 1.18. The highest BCUT2D eigenvalue weighted by Gasteiger charge is 2.21. The van der Waals surface area contributed by atoms with Crippen molar-refractivity contribution in [1.29, 1.82) is 0 Å². The van der Waals surface area contributed by atoms with Gasteiger partial charge in [0, 0.05) is 0 Å². The Labute approximate surface area is 55.7 Å². The number of hydrogen-bond acceptors (Lipinski definition) is 2. The predicted octanol–water partition coefficient (Wildman–Crippen LogP) is 2.34. The van der Waals surface area contributed by atoms with Crippen molar-refractivity contribution in [1.82, 2.24) is 0 Å². The van der Waals surface area contributed by atoms with Gasteiger partial charge in [-0.05, 0) is 26.3 Å². The molecule has 0 bridgehead atoms. The van der Waals surface area contributed by atoms with Gasteiger partial charge in [0.25, 0.3) is 0 Å². The average Bonchev–Trinajstić information content (AvgIpc) is 2.13. The van der Waals surface area contributed by atoms with Crippen molar-refractivity contribution in [3.63, 3.8) is 0 Å². The van der Waals surface area contributed by atoms with Gasteiger partial charge in [-0.25, -0.2) is 0 Å². The fraction of sp³-hybridized carbons (Fsp3) is 0.571. The lowest BCUT2D eigenvalue weighted by molar-refractivity contribution is 0.586. The lowest BCUT2D eigenvalue weighted by Crippen LogP contribution is -2.13. The molecule has 1 rings (SSSR count).